The summed E-state index contributed by atoms with van der Waals surface area (Å²) < 4.78 is 24.6. The van der Waals surface area contributed by atoms with E-state index in [1.54, 1.807) is 7.05 Å². The molecule has 1 aromatic rings. The lowest BCUT2D eigenvalue weighted by atomic mass is 10.1. The molecule has 21 heavy (non-hydrogen) atoms. The highest BCUT2D eigenvalue weighted by Gasteiger charge is 2.19. The number of nitrogens with one attached hydrogen (secondary N) is 2. The molecule has 7 nitrogen and oxygen atoms in total. The number of hydrogen-bond acceptors (Lipinski definition) is 7. The van der Waals surface area contributed by atoms with Crippen LogP contribution in [0.15, 0.2) is 0 Å². The van der Waals surface area contributed by atoms with Crippen LogP contribution in [0.4, 0.5) is 26.6 Å². The molecule has 1 aromatic heterocycles. The van der Waals surface area contributed by atoms with Gasteiger partial charge in [-0.3, -0.25) is 0 Å². The second kappa shape index (κ2) is 7.30. The molecule has 1 aliphatic rings. The number of aromatic nitrogens is 3. The molecule has 0 saturated carbocycles. The van der Waals surface area contributed by atoms with Gasteiger partial charge < -0.3 is 20.6 Å². The summed E-state index contributed by atoms with van der Waals surface area (Å²) in [7, 11) is 1.67. The molecule has 1 fully saturated rings. The fourth-order valence-corrected chi connectivity index (χ4v) is 2.08. The van der Waals surface area contributed by atoms with E-state index >= 15 is 0 Å². The Morgan fingerprint density at radius 1 is 1.14 bits per heavy atom. The van der Waals surface area contributed by atoms with E-state index in [9.17, 15) is 8.78 Å². The summed E-state index contributed by atoms with van der Waals surface area (Å²) in [5.41, 5.74) is 0. The van der Waals surface area contributed by atoms with Crippen molar-refractivity contribution in [3.05, 3.63) is 0 Å². The Bertz CT molecular complexity index is 455. The van der Waals surface area contributed by atoms with E-state index in [2.05, 4.69) is 25.6 Å². The molecule has 0 spiro atoms. The van der Waals surface area contributed by atoms with Gasteiger partial charge in [-0.2, -0.15) is 15.0 Å². The summed E-state index contributed by atoms with van der Waals surface area (Å²) in [5, 5.41) is 14.6. The van der Waals surface area contributed by atoms with Crippen LogP contribution in [0.5, 0.6) is 0 Å². The Hall–Kier alpha value is -1.77. The number of rotatable bonds is 6. The largest absolute Gasteiger partial charge is 0.385 e. The van der Waals surface area contributed by atoms with E-state index in [0.717, 1.165) is 25.9 Å². The topological polar surface area (TPSA) is 86.2 Å². The van der Waals surface area contributed by atoms with Crippen LogP contribution < -0.4 is 15.5 Å². The van der Waals surface area contributed by atoms with Gasteiger partial charge in [-0.05, 0) is 19.3 Å². The third-order valence-corrected chi connectivity index (χ3v) is 3.25. The molecular weight excluding hydrogens is 282 g/mol. The Morgan fingerprint density at radius 2 is 1.81 bits per heavy atom. The van der Waals surface area contributed by atoms with Gasteiger partial charge in [0.15, 0.2) is 0 Å². The van der Waals surface area contributed by atoms with E-state index in [0.29, 0.717) is 11.9 Å². The van der Waals surface area contributed by atoms with Crippen molar-refractivity contribution in [2.45, 2.75) is 31.8 Å². The zero-order chi connectivity index (χ0) is 15.2. The van der Waals surface area contributed by atoms with Crippen molar-refractivity contribution in [2.75, 3.05) is 42.2 Å². The van der Waals surface area contributed by atoms with Crippen molar-refractivity contribution < 1.29 is 13.9 Å². The van der Waals surface area contributed by atoms with Crippen LogP contribution in [0.25, 0.3) is 0 Å². The van der Waals surface area contributed by atoms with Crippen LogP contribution in [0.2, 0.25) is 0 Å². The number of nitrogens with zero attached hydrogens (tertiary/aromatic N) is 4. The highest BCUT2D eigenvalue weighted by molar-refractivity contribution is 5.43. The lowest BCUT2D eigenvalue weighted by Gasteiger charge is -2.27. The summed E-state index contributed by atoms with van der Waals surface area (Å²) in [6.07, 6.45) is -1.21. The number of aliphatic hydroxyl groups excluding tert-OH is 1. The number of aliphatic hydroxyl groups is 1. The number of hydrogen-bond donors (Lipinski definition) is 3. The van der Waals surface area contributed by atoms with Gasteiger partial charge in [0.1, 0.15) is 6.10 Å². The molecule has 0 amide bonds. The summed E-state index contributed by atoms with van der Waals surface area (Å²) in [5.74, 6) is 1.05. The number of piperidine rings is 1. The molecule has 1 atom stereocenters. The van der Waals surface area contributed by atoms with E-state index in [4.69, 9.17) is 5.11 Å². The maximum Gasteiger partial charge on any atom is 0.265 e. The van der Waals surface area contributed by atoms with Gasteiger partial charge in [-0.1, -0.05) is 0 Å². The summed E-state index contributed by atoms with van der Waals surface area (Å²) in [4.78, 5) is 14.6. The van der Waals surface area contributed by atoms with E-state index in [1.165, 1.54) is 6.42 Å². The van der Waals surface area contributed by atoms with E-state index in [-0.39, 0.29) is 12.5 Å². The van der Waals surface area contributed by atoms with Crippen molar-refractivity contribution in [3.8, 4) is 0 Å². The predicted molar refractivity (Wildman–Crippen MR) is 75.9 cm³/mol. The molecule has 1 unspecified atom stereocenters. The van der Waals surface area contributed by atoms with Crippen molar-refractivity contribution in [1.82, 2.24) is 15.0 Å². The first-order valence-electron chi connectivity index (χ1n) is 6.99. The van der Waals surface area contributed by atoms with E-state index < -0.39 is 12.5 Å². The number of halogens is 2. The smallest absolute Gasteiger partial charge is 0.265 e. The van der Waals surface area contributed by atoms with Gasteiger partial charge in [0.2, 0.25) is 17.8 Å². The maximum atomic E-state index is 12.3. The number of alkyl halides is 2. The summed E-state index contributed by atoms with van der Waals surface area (Å²) in [6, 6.07) is 0. The van der Waals surface area contributed by atoms with Gasteiger partial charge in [-0.25, -0.2) is 8.78 Å². The van der Waals surface area contributed by atoms with Crippen LogP contribution in [0, 0.1) is 0 Å². The van der Waals surface area contributed by atoms with Gasteiger partial charge >= 0.3 is 0 Å². The Labute approximate surface area is 121 Å². The predicted octanol–water partition coefficient (Wildman–Crippen LogP) is 0.941. The molecular formula is C12H20F2N6O. The number of anilines is 3. The molecule has 0 aliphatic carbocycles. The Balaban J connectivity index is 2.09. The van der Waals surface area contributed by atoms with Gasteiger partial charge in [-0.15, -0.1) is 0 Å². The second-order valence-corrected chi connectivity index (χ2v) is 4.86. The Morgan fingerprint density at radius 3 is 2.43 bits per heavy atom. The third-order valence-electron chi connectivity index (χ3n) is 3.25. The highest BCUT2D eigenvalue weighted by atomic mass is 19.3. The fourth-order valence-electron chi connectivity index (χ4n) is 2.08. The SMILES string of the molecule is CNc1nc(NCC(O)C(F)F)nc(N2CCCCC2)n1. The first kappa shape index (κ1) is 15.6. The van der Waals surface area contributed by atoms with Crippen LogP contribution in [0.3, 0.4) is 0 Å². The molecule has 1 saturated heterocycles. The van der Waals surface area contributed by atoms with Crippen LogP contribution in [-0.4, -0.2) is 59.3 Å². The van der Waals surface area contributed by atoms with Crippen LogP contribution >= 0.6 is 0 Å². The average molecular weight is 302 g/mol. The first-order chi connectivity index (χ1) is 10.1. The summed E-state index contributed by atoms with van der Waals surface area (Å²) in [6.45, 7) is 1.42. The molecule has 2 rings (SSSR count). The molecule has 1 aliphatic heterocycles. The minimum Gasteiger partial charge on any atom is -0.385 e. The second-order valence-electron chi connectivity index (χ2n) is 4.86. The quantitative estimate of drug-likeness (QED) is 0.721. The lowest BCUT2D eigenvalue weighted by molar-refractivity contribution is 0.00376. The van der Waals surface area contributed by atoms with Crippen molar-refractivity contribution in [1.29, 1.82) is 0 Å². The van der Waals surface area contributed by atoms with Crippen molar-refractivity contribution in [2.24, 2.45) is 0 Å². The van der Waals surface area contributed by atoms with Crippen molar-refractivity contribution in [3.63, 3.8) is 0 Å². The normalized spacial score (nSPS) is 16.9. The zero-order valence-corrected chi connectivity index (χ0v) is 11.9. The standard InChI is InChI=1S/C12H20F2N6O/c1-15-10-17-11(16-7-8(21)9(13)14)19-12(18-10)20-5-3-2-4-6-20/h8-9,21H,2-7H2,1H3,(H2,15,16,17,18,19). The monoisotopic (exact) mass is 302 g/mol. The molecule has 3 N–H and O–H groups in total. The average Bonchev–Trinajstić information content (AvgIpc) is 2.52. The molecule has 0 aromatic carbocycles. The molecule has 0 bridgehead atoms. The van der Waals surface area contributed by atoms with Gasteiger partial charge in [0.25, 0.3) is 6.43 Å². The zero-order valence-electron chi connectivity index (χ0n) is 11.9. The molecule has 0 radical (unpaired) electrons. The molecule has 9 heteroatoms. The highest BCUT2D eigenvalue weighted by Crippen LogP contribution is 2.18. The van der Waals surface area contributed by atoms with E-state index in [1.807, 2.05) is 4.90 Å². The lowest BCUT2D eigenvalue weighted by Crippen LogP contribution is -2.32. The molecule has 2 heterocycles. The van der Waals surface area contributed by atoms with Gasteiger partial charge in [0.05, 0.1) is 0 Å². The first-order valence-corrected chi connectivity index (χ1v) is 6.99. The summed E-state index contributed by atoms with van der Waals surface area (Å²) >= 11 is 0. The fraction of sp³-hybridized carbons (Fsp3) is 0.750. The van der Waals surface area contributed by atoms with Crippen LogP contribution in [0.1, 0.15) is 19.3 Å². The van der Waals surface area contributed by atoms with Gasteiger partial charge in [0, 0.05) is 26.7 Å². The molecule has 118 valence electrons. The Kier molecular flexibility index (Phi) is 5.43. The maximum absolute atomic E-state index is 12.3. The minimum absolute atomic E-state index is 0.176. The third kappa shape index (κ3) is 4.35. The van der Waals surface area contributed by atoms with Crippen LogP contribution in [-0.2, 0) is 0 Å². The minimum atomic E-state index is -2.80. The van der Waals surface area contributed by atoms with Crippen molar-refractivity contribution >= 4 is 17.8 Å².